The van der Waals surface area contributed by atoms with Crippen LogP contribution in [0, 0.1) is 11.3 Å². The molecule has 6 heteroatoms. The number of nitrogens with zero attached hydrogens (tertiary/aromatic N) is 2. The molecule has 1 aromatic heterocycles. The third-order valence-corrected chi connectivity index (χ3v) is 6.19. The van der Waals surface area contributed by atoms with Crippen molar-refractivity contribution in [3.8, 4) is 6.07 Å². The second-order valence-electron chi connectivity index (χ2n) is 7.01. The Morgan fingerprint density at radius 2 is 1.82 bits per heavy atom. The van der Waals surface area contributed by atoms with Crippen LogP contribution in [0.5, 0.6) is 0 Å². The van der Waals surface area contributed by atoms with E-state index in [1.165, 1.54) is 18.9 Å². The van der Waals surface area contributed by atoms with Crippen LogP contribution in [0.4, 0.5) is 0 Å². The first-order chi connectivity index (χ1) is 13.5. The molecule has 0 radical (unpaired) electrons. The van der Waals surface area contributed by atoms with Crippen molar-refractivity contribution in [3.05, 3.63) is 68.4 Å². The number of nitrogens with one attached hydrogen (secondary N) is 1. The average molecular weight is 503 g/mol. The lowest BCUT2D eigenvalue weighted by molar-refractivity contribution is -0.119. The van der Waals surface area contributed by atoms with E-state index in [1.807, 2.05) is 30.3 Å². The molecule has 3 rings (SSSR count). The van der Waals surface area contributed by atoms with Crippen LogP contribution in [0.2, 0.25) is 0 Å². The normalized spacial score (nSPS) is 16.7. The minimum Gasteiger partial charge on any atom is -0.342 e. The summed E-state index contributed by atoms with van der Waals surface area (Å²) in [5, 5.41) is 12.8. The van der Waals surface area contributed by atoms with Crippen LogP contribution in [0.3, 0.4) is 0 Å². The van der Waals surface area contributed by atoms with Crippen LogP contribution in [-0.4, -0.2) is 10.9 Å². The van der Waals surface area contributed by atoms with Crippen molar-refractivity contribution in [2.45, 2.75) is 44.1 Å². The molecule has 0 spiro atoms. The van der Waals surface area contributed by atoms with Gasteiger partial charge < -0.3 is 5.32 Å². The van der Waals surface area contributed by atoms with E-state index in [0.717, 1.165) is 40.2 Å². The number of aromatic nitrogens is 1. The Kier molecular flexibility index (Phi) is 7.03. The van der Waals surface area contributed by atoms with E-state index < -0.39 is 5.54 Å². The Bertz CT molecular complexity index is 911. The van der Waals surface area contributed by atoms with Gasteiger partial charge in [0.2, 0.25) is 0 Å². The Morgan fingerprint density at radius 3 is 2.43 bits per heavy atom. The SMILES string of the molecule is N#C/C(=C\c1ncc(Br)cc1Br)C(=O)NC1(c2ccccc2)CCCCCC1. The van der Waals surface area contributed by atoms with Gasteiger partial charge in [0.1, 0.15) is 11.6 Å². The summed E-state index contributed by atoms with van der Waals surface area (Å²) in [6, 6.07) is 14.0. The Morgan fingerprint density at radius 1 is 1.14 bits per heavy atom. The summed E-state index contributed by atoms with van der Waals surface area (Å²) in [5.74, 6) is -0.357. The molecule has 1 aliphatic carbocycles. The number of amides is 1. The number of hydrogen-bond acceptors (Lipinski definition) is 3. The molecule has 1 amide bonds. The first kappa shape index (κ1) is 20.8. The van der Waals surface area contributed by atoms with Crippen LogP contribution < -0.4 is 5.32 Å². The van der Waals surface area contributed by atoms with Crippen LogP contribution in [0.1, 0.15) is 49.8 Å². The minimum absolute atomic E-state index is 0.0510. The number of rotatable bonds is 4. The molecule has 1 saturated carbocycles. The molecule has 4 nitrogen and oxygen atoms in total. The number of carbonyl (C=O) groups is 1. The van der Waals surface area contributed by atoms with Gasteiger partial charge in [0, 0.05) is 15.1 Å². The van der Waals surface area contributed by atoms with Crippen LogP contribution in [-0.2, 0) is 10.3 Å². The molecule has 0 unspecified atom stereocenters. The summed E-state index contributed by atoms with van der Waals surface area (Å²) in [6.07, 6.45) is 9.37. The molecular weight excluding hydrogens is 482 g/mol. The molecule has 1 fully saturated rings. The van der Waals surface area contributed by atoms with Crippen molar-refractivity contribution in [1.29, 1.82) is 5.26 Å². The molecule has 28 heavy (non-hydrogen) atoms. The lowest BCUT2D eigenvalue weighted by atomic mass is 9.82. The molecule has 1 aliphatic rings. The highest BCUT2D eigenvalue weighted by Crippen LogP contribution is 2.36. The number of benzene rings is 1. The number of nitriles is 1. The molecule has 1 aromatic carbocycles. The van der Waals surface area contributed by atoms with Gasteiger partial charge in [-0.15, -0.1) is 0 Å². The predicted molar refractivity (Wildman–Crippen MR) is 117 cm³/mol. The van der Waals surface area contributed by atoms with E-state index in [2.05, 4.69) is 54.3 Å². The fourth-order valence-corrected chi connectivity index (χ4v) is 4.78. The Labute approximate surface area is 182 Å². The maximum atomic E-state index is 13.1. The summed E-state index contributed by atoms with van der Waals surface area (Å²) < 4.78 is 1.54. The second-order valence-corrected chi connectivity index (χ2v) is 8.78. The molecule has 0 bridgehead atoms. The fourth-order valence-electron chi connectivity index (χ4n) is 3.68. The predicted octanol–water partition coefficient (Wildman–Crippen LogP) is 5.88. The standard InChI is InChI=1S/C22H21Br2N3O/c23-18-13-19(24)20(26-15-18)12-16(14-25)21(28)27-22(10-6-1-2-7-11-22)17-8-4-3-5-9-17/h3-5,8-9,12-13,15H,1-2,6-7,10-11H2,(H,27,28)/b16-12+. The summed E-state index contributed by atoms with van der Waals surface area (Å²) in [7, 11) is 0. The van der Waals surface area contributed by atoms with Crippen molar-refractivity contribution in [3.63, 3.8) is 0 Å². The van der Waals surface area contributed by atoms with Crippen LogP contribution >= 0.6 is 31.9 Å². The lowest BCUT2D eigenvalue weighted by Gasteiger charge is -2.34. The topological polar surface area (TPSA) is 65.8 Å². The number of halogens is 2. The summed E-state index contributed by atoms with van der Waals surface area (Å²) in [4.78, 5) is 17.3. The van der Waals surface area contributed by atoms with E-state index in [0.29, 0.717) is 5.69 Å². The first-order valence-corrected chi connectivity index (χ1v) is 10.9. The van der Waals surface area contributed by atoms with Crippen molar-refractivity contribution < 1.29 is 4.79 Å². The zero-order chi connectivity index (χ0) is 20.0. The van der Waals surface area contributed by atoms with E-state index >= 15 is 0 Å². The van der Waals surface area contributed by atoms with Crippen molar-refractivity contribution in [2.75, 3.05) is 0 Å². The molecule has 0 atom stereocenters. The van der Waals surface area contributed by atoms with Crippen molar-refractivity contribution in [1.82, 2.24) is 10.3 Å². The highest BCUT2D eigenvalue weighted by atomic mass is 79.9. The molecule has 1 N–H and O–H groups in total. The smallest absolute Gasteiger partial charge is 0.262 e. The van der Waals surface area contributed by atoms with E-state index in [-0.39, 0.29) is 11.5 Å². The van der Waals surface area contributed by atoms with E-state index in [4.69, 9.17) is 0 Å². The quantitative estimate of drug-likeness (QED) is 0.322. The van der Waals surface area contributed by atoms with Gasteiger partial charge in [0.15, 0.2) is 0 Å². The van der Waals surface area contributed by atoms with Gasteiger partial charge in [0.25, 0.3) is 5.91 Å². The van der Waals surface area contributed by atoms with E-state index in [1.54, 1.807) is 6.20 Å². The lowest BCUT2D eigenvalue weighted by Crippen LogP contribution is -2.46. The van der Waals surface area contributed by atoms with Crippen LogP contribution in [0.25, 0.3) is 6.08 Å². The zero-order valence-electron chi connectivity index (χ0n) is 15.4. The van der Waals surface area contributed by atoms with Crippen molar-refractivity contribution >= 4 is 43.8 Å². The van der Waals surface area contributed by atoms with Crippen molar-refractivity contribution in [2.24, 2.45) is 0 Å². The zero-order valence-corrected chi connectivity index (χ0v) is 18.6. The van der Waals surface area contributed by atoms with Crippen LogP contribution in [0.15, 0.2) is 57.1 Å². The fraction of sp³-hybridized carbons (Fsp3) is 0.318. The largest absolute Gasteiger partial charge is 0.342 e. The summed E-state index contributed by atoms with van der Waals surface area (Å²) >= 11 is 6.79. The maximum Gasteiger partial charge on any atom is 0.262 e. The average Bonchev–Trinajstić information content (AvgIpc) is 2.94. The van der Waals surface area contributed by atoms with Gasteiger partial charge in [-0.1, -0.05) is 56.0 Å². The highest BCUT2D eigenvalue weighted by molar-refractivity contribution is 9.11. The third kappa shape index (κ3) is 4.89. The summed E-state index contributed by atoms with van der Waals surface area (Å²) in [5.41, 5.74) is 1.26. The van der Waals surface area contributed by atoms with Gasteiger partial charge in [-0.3, -0.25) is 9.78 Å². The molecule has 144 valence electrons. The van der Waals surface area contributed by atoms with Gasteiger partial charge in [-0.05, 0) is 62.4 Å². The Balaban J connectivity index is 1.92. The number of carbonyl (C=O) groups excluding carboxylic acids is 1. The van der Waals surface area contributed by atoms with Gasteiger partial charge >= 0.3 is 0 Å². The van der Waals surface area contributed by atoms with Gasteiger partial charge in [-0.25, -0.2) is 0 Å². The molecule has 0 aliphatic heterocycles. The first-order valence-electron chi connectivity index (χ1n) is 9.35. The third-order valence-electron chi connectivity index (χ3n) is 5.12. The highest BCUT2D eigenvalue weighted by Gasteiger charge is 2.35. The Hall–Kier alpha value is -1.97. The molecule has 0 saturated heterocycles. The molecular formula is C22H21Br2N3O. The minimum atomic E-state index is -0.435. The number of hydrogen-bond donors (Lipinski definition) is 1. The van der Waals surface area contributed by atoms with Gasteiger partial charge in [-0.2, -0.15) is 5.26 Å². The maximum absolute atomic E-state index is 13.1. The molecule has 1 heterocycles. The second kappa shape index (κ2) is 9.49. The summed E-state index contributed by atoms with van der Waals surface area (Å²) in [6.45, 7) is 0. The van der Waals surface area contributed by atoms with Gasteiger partial charge in [0.05, 0.1) is 11.2 Å². The molecule has 2 aromatic rings. The number of pyridine rings is 1. The monoisotopic (exact) mass is 501 g/mol. The van der Waals surface area contributed by atoms with E-state index in [9.17, 15) is 10.1 Å².